The summed E-state index contributed by atoms with van der Waals surface area (Å²) in [5.41, 5.74) is 7.86. The number of ether oxygens (including phenoxy) is 1. The molecule has 1 amide bonds. The highest BCUT2D eigenvalue weighted by Gasteiger charge is 2.28. The van der Waals surface area contributed by atoms with Crippen molar-refractivity contribution in [3.63, 3.8) is 0 Å². The van der Waals surface area contributed by atoms with E-state index < -0.39 is 29.9 Å². The second kappa shape index (κ2) is 18.1. The van der Waals surface area contributed by atoms with Gasteiger partial charge in [0.15, 0.2) is 0 Å². The molecule has 0 aromatic heterocycles. The van der Waals surface area contributed by atoms with E-state index in [1.807, 2.05) is 0 Å². The molecular weight excluding hydrogens is 396 g/mol. The Kier molecular flexibility index (Phi) is 17.2. The Bertz CT molecular complexity index is 504. The molecule has 0 saturated heterocycles. The van der Waals surface area contributed by atoms with Gasteiger partial charge in [-0.15, -0.1) is 0 Å². The number of hydrogen-bond acceptors (Lipinski definition) is 5. The summed E-state index contributed by atoms with van der Waals surface area (Å²) < 4.78 is 5.18. The molecule has 0 unspecified atom stereocenters. The molecule has 0 bridgehead atoms. The van der Waals surface area contributed by atoms with E-state index in [9.17, 15) is 15.0 Å². The minimum atomic E-state index is -1.23. The molecule has 0 fully saturated rings. The number of amides is 1. The van der Waals surface area contributed by atoms with Crippen molar-refractivity contribution in [2.45, 2.75) is 135 Å². The Hall–Kier alpha value is -1.50. The van der Waals surface area contributed by atoms with E-state index in [2.05, 4.69) is 22.3 Å². The maximum atomic E-state index is 12.0. The van der Waals surface area contributed by atoms with E-state index in [0.717, 1.165) is 19.3 Å². The molecule has 0 radical (unpaired) electrons. The Labute approximate surface area is 188 Å². The van der Waals surface area contributed by atoms with E-state index in [-0.39, 0.29) is 6.54 Å². The SMILES string of the molecule is CCCCCCCCCCCCCC[C@@H](O)[C@@H](O)[C@H](CN=[N+]=[N-])NC(=O)OC(C)(C)C. The lowest BCUT2D eigenvalue weighted by Gasteiger charge is -2.28. The van der Waals surface area contributed by atoms with Gasteiger partial charge in [0, 0.05) is 11.5 Å². The third-order valence-corrected chi connectivity index (χ3v) is 5.20. The number of nitrogens with one attached hydrogen (secondary N) is 1. The van der Waals surface area contributed by atoms with Crippen LogP contribution in [0.15, 0.2) is 5.11 Å². The fourth-order valence-corrected chi connectivity index (χ4v) is 3.46. The Morgan fingerprint density at radius 1 is 0.968 bits per heavy atom. The average molecular weight is 443 g/mol. The molecule has 31 heavy (non-hydrogen) atoms. The predicted octanol–water partition coefficient (Wildman–Crippen LogP) is 6.00. The normalized spacial score (nSPS) is 14.4. The Morgan fingerprint density at radius 3 is 1.90 bits per heavy atom. The van der Waals surface area contributed by atoms with Crippen molar-refractivity contribution in [1.29, 1.82) is 0 Å². The van der Waals surface area contributed by atoms with Crippen molar-refractivity contribution in [3.8, 4) is 0 Å². The zero-order valence-corrected chi connectivity index (χ0v) is 20.2. The zero-order valence-electron chi connectivity index (χ0n) is 20.2. The van der Waals surface area contributed by atoms with Crippen LogP contribution in [0, 0.1) is 0 Å². The van der Waals surface area contributed by atoms with Crippen molar-refractivity contribution >= 4 is 6.09 Å². The topological polar surface area (TPSA) is 128 Å². The highest BCUT2D eigenvalue weighted by atomic mass is 16.6. The summed E-state index contributed by atoms with van der Waals surface area (Å²) in [5.74, 6) is 0. The van der Waals surface area contributed by atoms with Crippen LogP contribution >= 0.6 is 0 Å². The highest BCUT2D eigenvalue weighted by molar-refractivity contribution is 5.68. The van der Waals surface area contributed by atoms with Crippen LogP contribution in [-0.2, 0) is 4.74 Å². The van der Waals surface area contributed by atoms with E-state index >= 15 is 0 Å². The Morgan fingerprint density at radius 2 is 1.45 bits per heavy atom. The van der Waals surface area contributed by atoms with Crippen LogP contribution in [0.2, 0.25) is 0 Å². The van der Waals surface area contributed by atoms with Crippen LogP contribution in [0.5, 0.6) is 0 Å². The van der Waals surface area contributed by atoms with E-state index in [4.69, 9.17) is 10.3 Å². The quantitative estimate of drug-likeness (QED) is 0.104. The van der Waals surface area contributed by atoms with Crippen LogP contribution < -0.4 is 5.32 Å². The van der Waals surface area contributed by atoms with Crippen LogP contribution in [0.4, 0.5) is 4.79 Å². The molecule has 0 rings (SSSR count). The number of alkyl carbamates (subject to hydrolysis) is 1. The van der Waals surface area contributed by atoms with Gasteiger partial charge in [0.2, 0.25) is 0 Å². The average Bonchev–Trinajstić information content (AvgIpc) is 2.69. The smallest absolute Gasteiger partial charge is 0.407 e. The number of carbonyl (C=O) groups is 1. The number of unbranched alkanes of at least 4 members (excludes halogenated alkanes) is 11. The second-order valence-corrected chi connectivity index (χ2v) is 9.40. The summed E-state index contributed by atoms with van der Waals surface area (Å²) in [7, 11) is 0. The van der Waals surface area contributed by atoms with Crippen molar-refractivity contribution in [3.05, 3.63) is 10.4 Å². The molecule has 3 atom stereocenters. The first-order valence-electron chi connectivity index (χ1n) is 12.1. The molecule has 0 aromatic rings. The maximum absolute atomic E-state index is 12.0. The van der Waals surface area contributed by atoms with Gasteiger partial charge in [-0.25, -0.2) is 4.79 Å². The molecule has 8 heteroatoms. The van der Waals surface area contributed by atoms with Gasteiger partial charge in [-0.2, -0.15) is 0 Å². The van der Waals surface area contributed by atoms with Crippen LogP contribution in [-0.4, -0.2) is 46.7 Å². The van der Waals surface area contributed by atoms with Crippen LogP contribution in [0.1, 0.15) is 111 Å². The third-order valence-electron chi connectivity index (χ3n) is 5.20. The monoisotopic (exact) mass is 442 g/mol. The molecule has 0 spiro atoms. The summed E-state index contributed by atoms with van der Waals surface area (Å²) in [6.07, 6.45) is 12.2. The molecular formula is C23H46N4O4. The van der Waals surface area contributed by atoms with Crippen molar-refractivity contribution < 1.29 is 19.7 Å². The maximum Gasteiger partial charge on any atom is 0.407 e. The number of aliphatic hydroxyl groups excluding tert-OH is 2. The van der Waals surface area contributed by atoms with E-state index in [1.54, 1.807) is 20.8 Å². The largest absolute Gasteiger partial charge is 0.444 e. The van der Waals surface area contributed by atoms with Gasteiger partial charge >= 0.3 is 6.09 Å². The predicted molar refractivity (Wildman–Crippen MR) is 125 cm³/mol. The molecule has 0 aliphatic heterocycles. The second-order valence-electron chi connectivity index (χ2n) is 9.40. The van der Waals surface area contributed by atoms with Crippen molar-refractivity contribution in [2.24, 2.45) is 5.11 Å². The van der Waals surface area contributed by atoms with Gasteiger partial charge in [0.1, 0.15) is 11.7 Å². The number of aliphatic hydroxyl groups is 2. The van der Waals surface area contributed by atoms with Crippen molar-refractivity contribution in [2.75, 3.05) is 6.54 Å². The molecule has 0 saturated carbocycles. The summed E-state index contributed by atoms with van der Waals surface area (Å²) in [5, 5.41) is 26.7. The fourth-order valence-electron chi connectivity index (χ4n) is 3.46. The lowest BCUT2D eigenvalue weighted by Crippen LogP contribution is -2.51. The van der Waals surface area contributed by atoms with Gasteiger partial charge in [0.05, 0.1) is 12.1 Å². The number of rotatable bonds is 18. The third kappa shape index (κ3) is 17.8. The molecule has 0 aromatic carbocycles. The number of carbonyl (C=O) groups excluding carboxylic acids is 1. The highest BCUT2D eigenvalue weighted by Crippen LogP contribution is 2.15. The number of hydrogen-bond donors (Lipinski definition) is 3. The number of nitrogens with zero attached hydrogens (tertiary/aromatic N) is 3. The molecule has 0 heterocycles. The molecule has 0 aliphatic carbocycles. The van der Waals surface area contributed by atoms with Gasteiger partial charge < -0.3 is 20.3 Å². The van der Waals surface area contributed by atoms with Gasteiger partial charge in [-0.1, -0.05) is 89.1 Å². The van der Waals surface area contributed by atoms with Crippen LogP contribution in [0.25, 0.3) is 10.4 Å². The first-order chi connectivity index (χ1) is 14.7. The molecule has 3 N–H and O–H groups in total. The van der Waals surface area contributed by atoms with Gasteiger partial charge in [0.25, 0.3) is 0 Å². The standard InChI is InChI=1S/C23H46N4O4/c1-5-6-7-8-9-10-11-12-13-14-15-16-17-20(28)21(29)19(18-25-27-24)26-22(30)31-23(2,3)4/h19-21,28-29H,5-18H2,1-4H3,(H,26,30)/t19-,20+,21-/m0/s1. The Balaban J connectivity index is 4.06. The minimum absolute atomic E-state index is 0.160. The zero-order chi connectivity index (χ0) is 23.5. The lowest BCUT2D eigenvalue weighted by atomic mass is 9.99. The first-order valence-corrected chi connectivity index (χ1v) is 12.1. The molecule has 8 nitrogen and oxygen atoms in total. The summed E-state index contributed by atoms with van der Waals surface area (Å²) in [6.45, 7) is 7.27. The van der Waals surface area contributed by atoms with Crippen molar-refractivity contribution in [1.82, 2.24) is 5.32 Å². The summed E-state index contributed by atoms with van der Waals surface area (Å²) in [6, 6.07) is -0.905. The van der Waals surface area contributed by atoms with Crippen LogP contribution in [0.3, 0.4) is 0 Å². The number of azide groups is 1. The molecule has 0 aliphatic rings. The molecule has 182 valence electrons. The van der Waals surface area contributed by atoms with E-state index in [1.165, 1.54) is 57.8 Å². The van der Waals surface area contributed by atoms with Gasteiger partial charge in [-0.05, 0) is 32.7 Å². The van der Waals surface area contributed by atoms with Gasteiger partial charge in [-0.3, -0.25) is 0 Å². The fraction of sp³-hybridized carbons (Fsp3) is 0.957. The van der Waals surface area contributed by atoms with E-state index in [0.29, 0.717) is 6.42 Å². The summed E-state index contributed by atoms with van der Waals surface area (Å²) in [4.78, 5) is 14.6. The lowest BCUT2D eigenvalue weighted by molar-refractivity contribution is -0.0118. The minimum Gasteiger partial charge on any atom is -0.444 e. The summed E-state index contributed by atoms with van der Waals surface area (Å²) >= 11 is 0. The first kappa shape index (κ1) is 29.5.